The number of carbonyl (C=O) groups is 1. The lowest BCUT2D eigenvalue weighted by Crippen LogP contribution is -2.48. The van der Waals surface area contributed by atoms with Gasteiger partial charge in [0, 0.05) is 29.6 Å². The number of rotatable bonds is 9. The highest BCUT2D eigenvalue weighted by atomic mass is 35.5. The molecule has 3 N–H and O–H groups in total. The summed E-state index contributed by atoms with van der Waals surface area (Å²) in [6, 6.07) is 2.03. The number of hydrogen-bond donors (Lipinski definition) is 3. The summed E-state index contributed by atoms with van der Waals surface area (Å²) in [5.74, 6) is 0.0456. The molecule has 1 saturated carbocycles. The van der Waals surface area contributed by atoms with Gasteiger partial charge in [-0.05, 0) is 56.9 Å². The number of carbonyl (C=O) groups excluding carboxylic acids is 1. The second-order valence-corrected chi connectivity index (χ2v) is 7.61. The molecule has 2 rings (SSSR count). The molecule has 0 spiro atoms. The molecular weight excluding hydrogens is 445 g/mol. The van der Waals surface area contributed by atoms with Crippen LogP contribution in [0.2, 0.25) is 5.02 Å². The molecule has 1 aromatic carbocycles. The van der Waals surface area contributed by atoms with Crippen molar-refractivity contribution in [1.82, 2.24) is 10.2 Å². The molecule has 1 aliphatic rings. The monoisotopic (exact) mass is 468 g/mol. The van der Waals surface area contributed by atoms with E-state index in [1.54, 1.807) is 13.8 Å². The highest BCUT2D eigenvalue weighted by Gasteiger charge is 2.35. The fourth-order valence-corrected chi connectivity index (χ4v) is 3.20. The molecule has 1 fully saturated rings. The Labute approximate surface area is 189 Å². The van der Waals surface area contributed by atoms with Gasteiger partial charge < -0.3 is 15.6 Å². The Morgan fingerprint density at radius 2 is 2.03 bits per heavy atom. The maximum atomic E-state index is 13.3. The normalized spacial score (nSPS) is 16.1. The maximum absolute atomic E-state index is 13.3. The van der Waals surface area contributed by atoms with Gasteiger partial charge in [0.25, 0.3) is 5.91 Å². The van der Waals surface area contributed by atoms with E-state index >= 15 is 0 Å². The molecule has 1 aromatic rings. The molecule has 0 aromatic heterocycles. The maximum Gasteiger partial charge on any atom is 0.416 e. The molecule has 0 radical (unpaired) electrons. The minimum absolute atomic E-state index is 0.186. The molecule has 1 atom stereocenters. The molecule has 1 aliphatic carbocycles. The van der Waals surface area contributed by atoms with E-state index in [2.05, 4.69) is 15.3 Å². The topological polar surface area (TPSA) is 105 Å². The first-order valence-corrected chi connectivity index (χ1v) is 10.2. The van der Waals surface area contributed by atoms with Crippen molar-refractivity contribution >= 4 is 42.1 Å². The fraction of sp³-hybridized carbons (Fsp3) is 0.381. The number of benzene rings is 1. The minimum atomic E-state index is -4.65. The first kappa shape index (κ1) is 25.3. The predicted molar refractivity (Wildman–Crippen MR) is 120 cm³/mol. The van der Waals surface area contributed by atoms with Crippen molar-refractivity contribution in [3.63, 3.8) is 0 Å². The highest BCUT2D eigenvalue weighted by Crippen LogP contribution is 2.34. The van der Waals surface area contributed by atoms with Crippen LogP contribution in [0.25, 0.3) is 0 Å². The molecule has 32 heavy (non-hydrogen) atoms. The van der Waals surface area contributed by atoms with E-state index in [4.69, 9.17) is 22.4 Å². The fourth-order valence-electron chi connectivity index (χ4n) is 2.97. The molecule has 1 unspecified atom stereocenters. The summed E-state index contributed by atoms with van der Waals surface area (Å²) < 4.78 is 39.7. The van der Waals surface area contributed by atoms with Crippen LogP contribution in [0.4, 0.5) is 13.2 Å². The van der Waals surface area contributed by atoms with Gasteiger partial charge in [0.05, 0.1) is 11.6 Å². The minimum Gasteiger partial charge on any atom is -0.328 e. The van der Waals surface area contributed by atoms with Crippen LogP contribution in [0.1, 0.15) is 42.6 Å². The number of aliphatic imine (C=N–C) groups is 2. The third-order valence-corrected chi connectivity index (χ3v) is 4.94. The van der Waals surface area contributed by atoms with Crippen LogP contribution in [-0.2, 0) is 6.18 Å². The van der Waals surface area contributed by atoms with Crippen molar-refractivity contribution in [2.45, 2.75) is 38.9 Å². The van der Waals surface area contributed by atoms with E-state index in [1.807, 2.05) is 0 Å². The molecule has 7 nitrogen and oxygen atoms in total. The lowest BCUT2D eigenvalue weighted by atomic mass is 10.1. The van der Waals surface area contributed by atoms with Crippen LogP contribution in [0.5, 0.6) is 0 Å². The number of allylic oxidation sites excluding steroid dienone is 1. The lowest BCUT2D eigenvalue weighted by molar-refractivity contribution is -0.137. The van der Waals surface area contributed by atoms with Crippen molar-refractivity contribution in [3.8, 4) is 0 Å². The van der Waals surface area contributed by atoms with E-state index in [0.717, 1.165) is 37.5 Å². The van der Waals surface area contributed by atoms with Crippen LogP contribution in [0, 0.1) is 16.7 Å². The first-order valence-electron chi connectivity index (χ1n) is 9.82. The van der Waals surface area contributed by atoms with Gasteiger partial charge in [0.15, 0.2) is 0 Å². The van der Waals surface area contributed by atoms with Crippen molar-refractivity contribution in [2.24, 2.45) is 15.9 Å². The molecule has 11 heteroatoms. The van der Waals surface area contributed by atoms with Crippen LogP contribution in [-0.4, -0.2) is 48.0 Å². The lowest BCUT2D eigenvalue weighted by Gasteiger charge is -2.31. The summed E-state index contributed by atoms with van der Waals surface area (Å²) in [6.45, 7) is 3.65. The summed E-state index contributed by atoms with van der Waals surface area (Å²) in [6.07, 6.45) is 1.83. The largest absolute Gasteiger partial charge is 0.416 e. The third kappa shape index (κ3) is 7.01. The third-order valence-electron chi connectivity index (χ3n) is 4.72. The van der Waals surface area contributed by atoms with E-state index in [1.165, 1.54) is 23.3 Å². The average Bonchev–Trinajstić information content (AvgIpc) is 3.54. The van der Waals surface area contributed by atoms with Crippen molar-refractivity contribution < 1.29 is 18.0 Å². The zero-order valence-electron chi connectivity index (χ0n) is 17.6. The number of hydrogen-bond acceptors (Lipinski definition) is 4. The zero-order chi connectivity index (χ0) is 23.9. The summed E-state index contributed by atoms with van der Waals surface area (Å²) in [5, 5.41) is 17.3. The SMILES string of the molecule is C/C=N\C(=C/C=N)N/C(=N\C=N)C(C)N(CC1CC1)C(=O)c1cc(Cl)cc(C(F)(F)F)c1. The van der Waals surface area contributed by atoms with Gasteiger partial charge in [-0.3, -0.25) is 10.2 Å². The van der Waals surface area contributed by atoms with Gasteiger partial charge in [0.2, 0.25) is 0 Å². The van der Waals surface area contributed by atoms with E-state index < -0.39 is 23.7 Å². The number of nitrogens with one attached hydrogen (secondary N) is 3. The van der Waals surface area contributed by atoms with Gasteiger partial charge in [-0.15, -0.1) is 0 Å². The molecule has 172 valence electrons. The van der Waals surface area contributed by atoms with Crippen LogP contribution >= 0.6 is 11.6 Å². The Hall–Kier alpha value is -3.01. The summed E-state index contributed by atoms with van der Waals surface area (Å²) in [5.41, 5.74) is -1.19. The van der Waals surface area contributed by atoms with Gasteiger partial charge in [-0.25, -0.2) is 9.98 Å². The van der Waals surface area contributed by atoms with E-state index in [0.29, 0.717) is 6.54 Å². The van der Waals surface area contributed by atoms with Gasteiger partial charge >= 0.3 is 6.18 Å². The van der Waals surface area contributed by atoms with Crippen molar-refractivity contribution in [2.75, 3.05) is 6.54 Å². The quantitative estimate of drug-likeness (QED) is 0.358. The van der Waals surface area contributed by atoms with Crippen LogP contribution in [0.15, 0.2) is 40.1 Å². The zero-order valence-corrected chi connectivity index (χ0v) is 18.3. The van der Waals surface area contributed by atoms with Gasteiger partial charge in [-0.2, -0.15) is 13.2 Å². The number of halogens is 4. The Bertz CT molecular complexity index is 953. The summed E-state index contributed by atoms with van der Waals surface area (Å²) in [4.78, 5) is 22.8. The second kappa shape index (κ2) is 11.0. The Kier molecular flexibility index (Phi) is 8.71. The number of alkyl halides is 3. The predicted octanol–water partition coefficient (Wildman–Crippen LogP) is 4.78. The Morgan fingerprint density at radius 3 is 2.56 bits per heavy atom. The van der Waals surface area contributed by atoms with E-state index in [-0.39, 0.29) is 28.2 Å². The summed E-state index contributed by atoms with van der Waals surface area (Å²) >= 11 is 5.87. The molecule has 0 aliphatic heterocycles. The number of amidine groups is 1. The first-order chi connectivity index (χ1) is 15.1. The average molecular weight is 469 g/mol. The Balaban J connectivity index is 2.43. The van der Waals surface area contributed by atoms with Crippen molar-refractivity contribution in [1.29, 1.82) is 10.8 Å². The molecular formula is C21H24ClF3N6O. The van der Waals surface area contributed by atoms with E-state index in [9.17, 15) is 18.0 Å². The molecule has 1 amide bonds. The van der Waals surface area contributed by atoms with Crippen molar-refractivity contribution in [3.05, 3.63) is 46.2 Å². The standard InChI is InChI=1S/C21H24ClF3N6O/c1-3-28-18(6-7-26)30-19(29-12-27)13(2)31(11-14-4-5-14)20(32)15-8-16(21(23,24)25)10-17(22)9-15/h3,6-10,12-14,26H,4-5,11H2,1-2H3,(H2,27,29,30)/b18-6+,26-7?,28-3-. The van der Waals surface area contributed by atoms with Crippen LogP contribution < -0.4 is 5.32 Å². The number of amides is 1. The second-order valence-electron chi connectivity index (χ2n) is 7.18. The van der Waals surface area contributed by atoms with Gasteiger partial charge in [0.1, 0.15) is 18.0 Å². The van der Waals surface area contributed by atoms with Gasteiger partial charge in [-0.1, -0.05) is 11.6 Å². The molecule has 0 heterocycles. The summed E-state index contributed by atoms with van der Waals surface area (Å²) in [7, 11) is 0. The smallest absolute Gasteiger partial charge is 0.328 e. The number of nitrogens with zero attached hydrogens (tertiary/aromatic N) is 3. The highest BCUT2D eigenvalue weighted by molar-refractivity contribution is 6.31. The van der Waals surface area contributed by atoms with Crippen LogP contribution in [0.3, 0.4) is 0 Å². The Morgan fingerprint density at radius 1 is 1.34 bits per heavy atom. The molecule has 0 bridgehead atoms. The molecule has 0 saturated heterocycles.